The van der Waals surface area contributed by atoms with Crippen LogP contribution in [0.4, 0.5) is 0 Å². The molecule has 0 radical (unpaired) electrons. The van der Waals surface area contributed by atoms with Gasteiger partial charge in [-0.1, -0.05) is 15.9 Å². The van der Waals surface area contributed by atoms with Gasteiger partial charge in [0.05, 0.1) is 11.1 Å². The Morgan fingerprint density at radius 2 is 1.59 bits per heavy atom. The van der Waals surface area contributed by atoms with Gasteiger partial charge in [0.15, 0.2) is 0 Å². The van der Waals surface area contributed by atoms with Gasteiger partial charge < -0.3 is 14.9 Å². The van der Waals surface area contributed by atoms with Gasteiger partial charge in [-0.25, -0.2) is 9.59 Å². The number of carboxylic acid groups (broad SMARTS) is 2. The minimum Gasteiger partial charge on any atom is -0.478 e. The summed E-state index contributed by atoms with van der Waals surface area (Å²) in [4.78, 5) is 22.7. The van der Waals surface area contributed by atoms with Crippen LogP contribution in [0, 0.1) is 13.8 Å². The van der Waals surface area contributed by atoms with E-state index in [4.69, 9.17) is 4.74 Å². The van der Waals surface area contributed by atoms with Crippen LogP contribution in [0.15, 0.2) is 34.8 Å². The van der Waals surface area contributed by atoms with E-state index in [9.17, 15) is 19.8 Å². The van der Waals surface area contributed by atoms with Crippen LogP contribution in [0.1, 0.15) is 31.8 Å². The van der Waals surface area contributed by atoms with Crippen LogP contribution in [0.3, 0.4) is 0 Å². The Balaban J connectivity index is 2.57. The van der Waals surface area contributed by atoms with Crippen molar-refractivity contribution in [3.8, 4) is 11.5 Å². The summed E-state index contributed by atoms with van der Waals surface area (Å²) in [5, 5.41) is 18.6. The third kappa shape index (κ3) is 3.12. The van der Waals surface area contributed by atoms with Gasteiger partial charge in [0, 0.05) is 10.0 Å². The van der Waals surface area contributed by atoms with Crippen LogP contribution >= 0.6 is 15.9 Å². The maximum Gasteiger partial charge on any atom is 0.336 e. The SMILES string of the molecule is Cc1c(Oc2ccc(Br)cc2)cc(C(=O)O)c(C)c1C(=O)O. The number of carbonyl (C=O) groups is 2. The van der Waals surface area contributed by atoms with Gasteiger partial charge in [0.1, 0.15) is 11.5 Å². The van der Waals surface area contributed by atoms with Gasteiger partial charge in [-0.15, -0.1) is 0 Å². The van der Waals surface area contributed by atoms with E-state index in [-0.39, 0.29) is 22.4 Å². The van der Waals surface area contributed by atoms with Crippen molar-refractivity contribution in [3.63, 3.8) is 0 Å². The third-order valence-corrected chi connectivity index (χ3v) is 3.81. The summed E-state index contributed by atoms with van der Waals surface area (Å²) in [6, 6.07) is 8.29. The number of rotatable bonds is 4. The minimum atomic E-state index is -1.19. The quantitative estimate of drug-likeness (QED) is 0.846. The number of halogens is 1. The Bertz CT molecular complexity index is 750. The molecule has 5 nitrogen and oxygen atoms in total. The van der Waals surface area contributed by atoms with Crippen LogP contribution in [-0.4, -0.2) is 22.2 Å². The van der Waals surface area contributed by atoms with E-state index in [0.717, 1.165) is 4.47 Å². The molecule has 0 heterocycles. The molecule has 22 heavy (non-hydrogen) atoms. The number of hydrogen-bond acceptors (Lipinski definition) is 3. The molecule has 6 heteroatoms. The molecule has 2 aromatic carbocycles. The second-order valence-corrected chi connectivity index (χ2v) is 5.63. The monoisotopic (exact) mass is 364 g/mol. The normalized spacial score (nSPS) is 10.3. The van der Waals surface area contributed by atoms with Crippen LogP contribution in [0.2, 0.25) is 0 Å². The zero-order chi connectivity index (χ0) is 16.4. The first-order valence-electron chi connectivity index (χ1n) is 6.35. The van der Waals surface area contributed by atoms with Crippen molar-refractivity contribution in [3.05, 3.63) is 57.1 Å². The molecule has 2 aromatic rings. The maximum absolute atomic E-state index is 11.4. The van der Waals surface area contributed by atoms with Crippen molar-refractivity contribution in [2.24, 2.45) is 0 Å². The number of benzene rings is 2. The van der Waals surface area contributed by atoms with Crippen molar-refractivity contribution in [1.29, 1.82) is 0 Å². The first-order chi connectivity index (χ1) is 10.3. The lowest BCUT2D eigenvalue weighted by Gasteiger charge is -2.15. The van der Waals surface area contributed by atoms with Crippen LogP contribution in [0.25, 0.3) is 0 Å². The Morgan fingerprint density at radius 1 is 1.00 bits per heavy atom. The fourth-order valence-corrected chi connectivity index (χ4v) is 2.43. The lowest BCUT2D eigenvalue weighted by atomic mass is 9.96. The number of ether oxygens (including phenoxy) is 1. The zero-order valence-corrected chi connectivity index (χ0v) is 13.5. The summed E-state index contributed by atoms with van der Waals surface area (Å²) in [6.45, 7) is 3.07. The Morgan fingerprint density at radius 3 is 2.09 bits per heavy atom. The predicted molar refractivity (Wildman–Crippen MR) is 84.1 cm³/mol. The Labute approximate surface area is 135 Å². The molecule has 0 atom stereocenters. The summed E-state index contributed by atoms with van der Waals surface area (Å²) in [7, 11) is 0. The van der Waals surface area contributed by atoms with E-state index in [1.165, 1.54) is 13.0 Å². The van der Waals surface area contributed by atoms with Gasteiger partial charge in [-0.2, -0.15) is 0 Å². The van der Waals surface area contributed by atoms with E-state index >= 15 is 0 Å². The van der Waals surface area contributed by atoms with E-state index in [1.54, 1.807) is 31.2 Å². The van der Waals surface area contributed by atoms with E-state index in [2.05, 4.69) is 15.9 Å². The molecule has 0 saturated carbocycles. The highest BCUT2D eigenvalue weighted by Crippen LogP contribution is 2.32. The molecule has 2 rings (SSSR count). The average molecular weight is 365 g/mol. The summed E-state index contributed by atoms with van der Waals surface area (Å²) in [6.07, 6.45) is 0. The summed E-state index contributed by atoms with van der Waals surface area (Å²) in [5.41, 5.74) is 0.459. The third-order valence-electron chi connectivity index (χ3n) is 3.28. The zero-order valence-electron chi connectivity index (χ0n) is 11.9. The van der Waals surface area contributed by atoms with Crippen molar-refractivity contribution in [2.75, 3.05) is 0 Å². The molecule has 0 bridgehead atoms. The summed E-state index contributed by atoms with van der Waals surface area (Å²) in [5.74, 6) is -1.68. The van der Waals surface area contributed by atoms with Crippen LogP contribution in [-0.2, 0) is 0 Å². The van der Waals surface area contributed by atoms with Crippen molar-refractivity contribution < 1.29 is 24.5 Å². The molecule has 0 aliphatic heterocycles. The Kier molecular flexibility index (Phi) is 4.51. The largest absolute Gasteiger partial charge is 0.478 e. The maximum atomic E-state index is 11.4. The van der Waals surface area contributed by atoms with Gasteiger partial charge in [0.2, 0.25) is 0 Å². The highest BCUT2D eigenvalue weighted by molar-refractivity contribution is 9.10. The minimum absolute atomic E-state index is 0.0491. The highest BCUT2D eigenvalue weighted by atomic mass is 79.9. The average Bonchev–Trinajstić information content (AvgIpc) is 2.43. The van der Waals surface area contributed by atoms with Crippen LogP contribution in [0.5, 0.6) is 11.5 Å². The molecule has 0 spiro atoms. The van der Waals surface area contributed by atoms with Gasteiger partial charge in [-0.05, 0) is 49.7 Å². The van der Waals surface area contributed by atoms with E-state index in [0.29, 0.717) is 11.3 Å². The summed E-state index contributed by atoms with van der Waals surface area (Å²) >= 11 is 3.31. The standard InChI is InChI=1S/C16H13BrO5/c1-8-12(15(18)19)7-13(9(2)14(8)16(20)21)22-11-5-3-10(17)4-6-11/h3-7H,1-2H3,(H,18,19)(H,20,21). The predicted octanol–water partition coefficient (Wildman–Crippen LogP) is 4.25. The van der Waals surface area contributed by atoms with Crippen molar-refractivity contribution in [1.82, 2.24) is 0 Å². The van der Waals surface area contributed by atoms with Gasteiger partial charge in [-0.3, -0.25) is 0 Å². The molecular weight excluding hydrogens is 352 g/mol. The van der Waals surface area contributed by atoms with Crippen molar-refractivity contribution >= 4 is 27.9 Å². The molecule has 0 aromatic heterocycles. The molecule has 0 aliphatic carbocycles. The first-order valence-corrected chi connectivity index (χ1v) is 7.14. The number of carboxylic acids is 2. The van der Waals surface area contributed by atoms with Crippen LogP contribution < -0.4 is 4.74 Å². The number of hydrogen-bond donors (Lipinski definition) is 2. The topological polar surface area (TPSA) is 83.8 Å². The fraction of sp³-hybridized carbons (Fsp3) is 0.125. The first kappa shape index (κ1) is 16.0. The molecule has 0 unspecified atom stereocenters. The number of aromatic carboxylic acids is 2. The second-order valence-electron chi connectivity index (χ2n) is 4.71. The molecule has 0 aliphatic rings. The van der Waals surface area contributed by atoms with Gasteiger partial charge >= 0.3 is 11.9 Å². The molecule has 0 amide bonds. The van der Waals surface area contributed by atoms with Crippen molar-refractivity contribution in [2.45, 2.75) is 13.8 Å². The Hall–Kier alpha value is -2.34. The van der Waals surface area contributed by atoms with E-state index in [1.807, 2.05) is 0 Å². The molecule has 0 saturated heterocycles. The van der Waals surface area contributed by atoms with E-state index < -0.39 is 11.9 Å². The lowest BCUT2D eigenvalue weighted by molar-refractivity contribution is 0.0695. The molecule has 114 valence electrons. The fourth-order valence-electron chi connectivity index (χ4n) is 2.17. The lowest BCUT2D eigenvalue weighted by Crippen LogP contribution is -2.10. The summed E-state index contributed by atoms with van der Waals surface area (Å²) < 4.78 is 6.53. The molecule has 2 N–H and O–H groups in total. The second kappa shape index (κ2) is 6.19. The molecule has 0 fully saturated rings. The molecular formula is C16H13BrO5. The smallest absolute Gasteiger partial charge is 0.336 e. The van der Waals surface area contributed by atoms with Gasteiger partial charge in [0.25, 0.3) is 0 Å². The highest BCUT2D eigenvalue weighted by Gasteiger charge is 2.22.